The van der Waals surface area contributed by atoms with Crippen LogP contribution in [-0.2, 0) is 9.59 Å². The minimum Gasteiger partial charge on any atom is -0.369 e. The number of hydrogen-bond acceptors (Lipinski definition) is 2. The number of benzene rings is 1. The Kier molecular flexibility index (Phi) is 3.30. The van der Waals surface area contributed by atoms with E-state index in [0.717, 1.165) is 5.56 Å². The van der Waals surface area contributed by atoms with Crippen LogP contribution in [0.15, 0.2) is 24.3 Å². The van der Waals surface area contributed by atoms with Crippen LogP contribution in [0, 0.1) is 11.8 Å². The molecule has 96 valence electrons. The average Bonchev–Trinajstić information content (AvgIpc) is 2.55. The number of rotatable bonds is 2. The van der Waals surface area contributed by atoms with Gasteiger partial charge in [-0.15, -0.1) is 0 Å². The fourth-order valence-corrected chi connectivity index (χ4v) is 2.75. The predicted molar refractivity (Wildman–Crippen MR) is 68.8 cm³/mol. The molecule has 1 aromatic carbocycles. The Morgan fingerprint density at radius 2 is 1.89 bits per heavy atom. The topological polar surface area (TPSA) is 63.4 Å². The van der Waals surface area contributed by atoms with Crippen LogP contribution in [0.5, 0.6) is 0 Å². The summed E-state index contributed by atoms with van der Waals surface area (Å²) in [4.78, 5) is 25.1. The Hall–Kier alpha value is -1.55. The second kappa shape index (κ2) is 4.61. The lowest BCUT2D eigenvalue weighted by atomic mass is 9.87. The van der Waals surface area contributed by atoms with Crippen molar-refractivity contribution in [3.8, 4) is 0 Å². The summed E-state index contributed by atoms with van der Waals surface area (Å²) in [6.07, 6.45) is 0. The van der Waals surface area contributed by atoms with E-state index in [4.69, 9.17) is 17.3 Å². The van der Waals surface area contributed by atoms with Crippen molar-refractivity contribution in [1.29, 1.82) is 0 Å². The molecule has 2 N–H and O–H groups in total. The van der Waals surface area contributed by atoms with Gasteiger partial charge in [-0.1, -0.05) is 30.7 Å². The summed E-state index contributed by atoms with van der Waals surface area (Å²) in [6, 6.07) is 6.84. The number of likely N-dealkylation sites (tertiary alicyclic amines) is 1. The van der Waals surface area contributed by atoms with Crippen LogP contribution in [0.4, 0.5) is 0 Å². The van der Waals surface area contributed by atoms with Crippen molar-refractivity contribution in [3.63, 3.8) is 0 Å². The van der Waals surface area contributed by atoms with Gasteiger partial charge >= 0.3 is 0 Å². The van der Waals surface area contributed by atoms with Gasteiger partial charge in [0, 0.05) is 18.0 Å². The molecule has 0 aliphatic carbocycles. The van der Waals surface area contributed by atoms with Gasteiger partial charge in [0.25, 0.3) is 0 Å². The molecule has 1 saturated heterocycles. The average molecular weight is 267 g/mol. The number of hydrogen-bond donors (Lipinski definition) is 1. The standard InChI is InChI=1S/C13H15ClN2O2/c1-7-10(12(15)17)11(16(2)13(7)18)8-3-5-9(14)6-4-8/h3-7,10-11H,1-2H3,(H2,15,17). The smallest absolute Gasteiger partial charge is 0.226 e. The highest BCUT2D eigenvalue weighted by atomic mass is 35.5. The summed E-state index contributed by atoms with van der Waals surface area (Å²) >= 11 is 5.84. The van der Waals surface area contributed by atoms with E-state index in [1.165, 1.54) is 0 Å². The van der Waals surface area contributed by atoms with Crippen molar-refractivity contribution >= 4 is 23.4 Å². The third kappa shape index (κ3) is 1.97. The lowest BCUT2D eigenvalue weighted by molar-refractivity contribution is -0.131. The number of carbonyl (C=O) groups is 2. The highest BCUT2D eigenvalue weighted by Crippen LogP contribution is 2.40. The number of halogens is 1. The summed E-state index contributed by atoms with van der Waals surface area (Å²) in [5, 5.41) is 0.620. The molecule has 0 bridgehead atoms. The van der Waals surface area contributed by atoms with E-state index in [-0.39, 0.29) is 17.9 Å². The fourth-order valence-electron chi connectivity index (χ4n) is 2.62. The Balaban J connectivity index is 2.43. The predicted octanol–water partition coefficient (Wildman–Crippen LogP) is 1.59. The van der Waals surface area contributed by atoms with Crippen molar-refractivity contribution in [1.82, 2.24) is 4.90 Å². The Morgan fingerprint density at radius 3 is 2.39 bits per heavy atom. The zero-order valence-corrected chi connectivity index (χ0v) is 11.0. The van der Waals surface area contributed by atoms with Crippen LogP contribution in [0.3, 0.4) is 0 Å². The quantitative estimate of drug-likeness (QED) is 0.884. The van der Waals surface area contributed by atoms with Crippen molar-refractivity contribution in [2.75, 3.05) is 7.05 Å². The molecule has 3 atom stereocenters. The number of nitrogens with two attached hydrogens (primary N) is 1. The van der Waals surface area contributed by atoms with Gasteiger partial charge < -0.3 is 10.6 Å². The molecule has 0 aromatic heterocycles. The third-order valence-electron chi connectivity index (χ3n) is 3.57. The maximum Gasteiger partial charge on any atom is 0.226 e. The highest BCUT2D eigenvalue weighted by molar-refractivity contribution is 6.30. The largest absolute Gasteiger partial charge is 0.369 e. The van der Waals surface area contributed by atoms with Crippen molar-refractivity contribution in [2.45, 2.75) is 13.0 Å². The Morgan fingerprint density at radius 1 is 1.33 bits per heavy atom. The van der Waals surface area contributed by atoms with Crippen molar-refractivity contribution in [2.24, 2.45) is 17.6 Å². The number of amides is 2. The summed E-state index contributed by atoms with van der Waals surface area (Å²) in [6.45, 7) is 1.74. The molecule has 0 spiro atoms. The molecule has 3 unspecified atom stereocenters. The number of carbonyl (C=O) groups excluding carboxylic acids is 2. The maximum absolute atomic E-state index is 12.0. The normalized spacial score (nSPS) is 27.6. The van der Waals surface area contributed by atoms with E-state index in [0.29, 0.717) is 5.02 Å². The van der Waals surface area contributed by atoms with Gasteiger partial charge in [-0.2, -0.15) is 0 Å². The molecule has 1 heterocycles. The minimum atomic E-state index is -0.497. The summed E-state index contributed by atoms with van der Waals surface area (Å²) in [5.74, 6) is -1.38. The Labute approximate surface area is 111 Å². The van der Waals surface area contributed by atoms with E-state index < -0.39 is 11.8 Å². The van der Waals surface area contributed by atoms with Gasteiger partial charge in [0.2, 0.25) is 11.8 Å². The van der Waals surface area contributed by atoms with Crippen LogP contribution in [-0.4, -0.2) is 23.8 Å². The molecule has 1 aliphatic heterocycles. The van der Waals surface area contributed by atoms with E-state index in [2.05, 4.69) is 0 Å². The SMILES string of the molecule is CC1C(=O)N(C)C(c2ccc(Cl)cc2)C1C(N)=O. The van der Waals surface area contributed by atoms with Gasteiger partial charge in [-0.25, -0.2) is 0 Å². The summed E-state index contributed by atoms with van der Waals surface area (Å²) < 4.78 is 0. The second-order valence-corrected chi connectivity index (χ2v) is 5.10. The van der Waals surface area contributed by atoms with Crippen LogP contribution >= 0.6 is 11.6 Å². The molecule has 2 rings (SSSR count). The van der Waals surface area contributed by atoms with Crippen LogP contribution < -0.4 is 5.73 Å². The monoisotopic (exact) mass is 266 g/mol. The maximum atomic E-state index is 12.0. The molecular weight excluding hydrogens is 252 g/mol. The van der Waals surface area contributed by atoms with Gasteiger partial charge in [-0.05, 0) is 17.7 Å². The fraction of sp³-hybridized carbons (Fsp3) is 0.385. The van der Waals surface area contributed by atoms with E-state index in [1.807, 2.05) is 12.1 Å². The van der Waals surface area contributed by atoms with Gasteiger partial charge in [0.1, 0.15) is 0 Å². The number of nitrogens with zero attached hydrogens (tertiary/aromatic N) is 1. The number of primary amides is 1. The first-order valence-electron chi connectivity index (χ1n) is 5.75. The Bertz CT molecular complexity index is 486. The molecule has 4 nitrogen and oxygen atoms in total. The molecular formula is C13H15ClN2O2. The second-order valence-electron chi connectivity index (χ2n) is 4.66. The van der Waals surface area contributed by atoms with Gasteiger partial charge in [0.15, 0.2) is 0 Å². The molecule has 1 aliphatic rings. The molecule has 18 heavy (non-hydrogen) atoms. The molecule has 1 aromatic rings. The minimum absolute atomic E-state index is 0.0567. The van der Waals surface area contributed by atoms with Crippen LogP contribution in [0.25, 0.3) is 0 Å². The van der Waals surface area contributed by atoms with Gasteiger partial charge in [-0.3, -0.25) is 9.59 Å². The van der Waals surface area contributed by atoms with E-state index in [9.17, 15) is 9.59 Å². The highest BCUT2D eigenvalue weighted by Gasteiger charge is 2.47. The summed E-state index contributed by atoms with van der Waals surface area (Å²) in [7, 11) is 1.70. The third-order valence-corrected chi connectivity index (χ3v) is 3.83. The van der Waals surface area contributed by atoms with Crippen LogP contribution in [0.2, 0.25) is 5.02 Å². The molecule has 2 amide bonds. The molecule has 0 radical (unpaired) electrons. The zero-order chi connectivity index (χ0) is 13.4. The van der Waals surface area contributed by atoms with Gasteiger partial charge in [0.05, 0.1) is 12.0 Å². The van der Waals surface area contributed by atoms with Crippen molar-refractivity contribution < 1.29 is 9.59 Å². The first-order chi connectivity index (χ1) is 8.43. The van der Waals surface area contributed by atoms with E-state index >= 15 is 0 Å². The first kappa shape index (κ1) is 12.9. The lowest BCUT2D eigenvalue weighted by Crippen LogP contribution is -2.31. The molecule has 0 saturated carbocycles. The van der Waals surface area contributed by atoms with Crippen molar-refractivity contribution in [3.05, 3.63) is 34.9 Å². The lowest BCUT2D eigenvalue weighted by Gasteiger charge is -2.24. The molecule has 5 heteroatoms. The molecule has 1 fully saturated rings. The van der Waals surface area contributed by atoms with Crippen LogP contribution in [0.1, 0.15) is 18.5 Å². The first-order valence-corrected chi connectivity index (χ1v) is 6.12. The zero-order valence-electron chi connectivity index (χ0n) is 10.3. The summed E-state index contributed by atoms with van der Waals surface area (Å²) in [5.41, 5.74) is 6.30. The van der Waals surface area contributed by atoms with E-state index in [1.54, 1.807) is 31.0 Å².